The minimum absolute atomic E-state index is 0.0445. The zero-order chi connectivity index (χ0) is 26.9. The normalized spacial score (nSPS) is 16.0. The number of rotatable bonds is 12. The van der Waals surface area contributed by atoms with Crippen LogP contribution in [0.4, 0.5) is 4.79 Å². The van der Waals surface area contributed by atoms with Crippen LogP contribution in [0.2, 0.25) is 0 Å². The minimum Gasteiger partial charge on any atom is -0.444 e. The number of carbonyl (C=O) groups excluding carboxylic acids is 2. The van der Waals surface area contributed by atoms with Crippen molar-refractivity contribution in [3.05, 3.63) is 71.8 Å². The molecule has 7 nitrogen and oxygen atoms in total. The highest BCUT2D eigenvalue weighted by Crippen LogP contribution is 2.22. The van der Waals surface area contributed by atoms with Crippen molar-refractivity contribution in [2.24, 2.45) is 17.6 Å². The summed E-state index contributed by atoms with van der Waals surface area (Å²) in [7, 11) is 0. The molecule has 1 amide bonds. The number of hydrogen-bond donors (Lipinski definition) is 4. The van der Waals surface area contributed by atoms with Crippen LogP contribution in [0.15, 0.2) is 60.7 Å². The number of amides is 1. The Bertz CT molecular complexity index is 943. The summed E-state index contributed by atoms with van der Waals surface area (Å²) in [5.74, 6) is -1.19. The molecule has 7 heteroatoms. The molecule has 0 aliphatic rings. The van der Waals surface area contributed by atoms with Crippen LogP contribution in [0.1, 0.15) is 52.2 Å². The van der Waals surface area contributed by atoms with Crippen molar-refractivity contribution in [2.75, 3.05) is 0 Å². The number of hydrogen-bond acceptors (Lipinski definition) is 6. The van der Waals surface area contributed by atoms with Crippen LogP contribution >= 0.6 is 0 Å². The van der Waals surface area contributed by atoms with Gasteiger partial charge in [0.15, 0.2) is 5.78 Å². The van der Waals surface area contributed by atoms with Gasteiger partial charge in [-0.15, -0.1) is 0 Å². The molecule has 2 unspecified atom stereocenters. The summed E-state index contributed by atoms with van der Waals surface area (Å²) >= 11 is 0. The first-order chi connectivity index (χ1) is 16.9. The van der Waals surface area contributed by atoms with Gasteiger partial charge in [-0.2, -0.15) is 0 Å². The molecule has 2 aromatic carbocycles. The zero-order valence-electron chi connectivity index (χ0n) is 22.1. The van der Waals surface area contributed by atoms with Crippen molar-refractivity contribution in [2.45, 2.75) is 83.8 Å². The molecule has 5 atom stereocenters. The van der Waals surface area contributed by atoms with Crippen molar-refractivity contribution >= 4 is 11.9 Å². The molecule has 0 aliphatic carbocycles. The molecule has 0 aromatic heterocycles. The monoisotopic (exact) mass is 498 g/mol. The number of ether oxygens (including phenoxy) is 1. The Balaban J connectivity index is 2.28. The molecular weight excluding hydrogens is 456 g/mol. The summed E-state index contributed by atoms with van der Waals surface area (Å²) in [5.41, 5.74) is 7.24. The van der Waals surface area contributed by atoms with Gasteiger partial charge < -0.3 is 26.0 Å². The van der Waals surface area contributed by atoms with Gasteiger partial charge in [0.05, 0.1) is 12.1 Å². The van der Waals surface area contributed by atoms with E-state index in [-0.39, 0.29) is 12.3 Å². The van der Waals surface area contributed by atoms with E-state index in [2.05, 4.69) is 5.32 Å². The van der Waals surface area contributed by atoms with E-state index in [9.17, 15) is 19.8 Å². The molecule has 2 aromatic rings. The van der Waals surface area contributed by atoms with Crippen molar-refractivity contribution in [3.8, 4) is 0 Å². The molecule has 2 rings (SSSR count). The topological polar surface area (TPSA) is 122 Å². The molecule has 198 valence electrons. The Kier molecular flexibility index (Phi) is 11.1. The Labute approximate surface area is 215 Å². The summed E-state index contributed by atoms with van der Waals surface area (Å²) in [6.07, 6.45) is -2.33. The zero-order valence-corrected chi connectivity index (χ0v) is 22.1. The molecular formula is C29H42N2O5. The molecule has 36 heavy (non-hydrogen) atoms. The second kappa shape index (κ2) is 13.5. The third-order valence-electron chi connectivity index (χ3n) is 6.14. The Morgan fingerprint density at radius 2 is 1.42 bits per heavy atom. The predicted octanol–water partition coefficient (Wildman–Crippen LogP) is 3.65. The van der Waals surface area contributed by atoms with Crippen LogP contribution in [0.25, 0.3) is 0 Å². The quantitative estimate of drug-likeness (QED) is 0.354. The van der Waals surface area contributed by atoms with E-state index in [1.54, 1.807) is 20.8 Å². The van der Waals surface area contributed by atoms with Crippen LogP contribution in [0.3, 0.4) is 0 Å². The average molecular weight is 499 g/mol. The summed E-state index contributed by atoms with van der Waals surface area (Å²) in [6, 6.07) is 17.5. The minimum atomic E-state index is -1.35. The summed E-state index contributed by atoms with van der Waals surface area (Å²) in [4.78, 5) is 25.9. The van der Waals surface area contributed by atoms with E-state index in [1.165, 1.54) is 0 Å². The van der Waals surface area contributed by atoms with Gasteiger partial charge in [-0.05, 0) is 57.1 Å². The SMILES string of the molecule is CC(C)[C@@H](N)C(O)C(=O)C(Cc1ccccc1)C[C@H](O)[C@H](Cc1ccccc1)NC(=O)OC(C)(C)C. The first-order valence-corrected chi connectivity index (χ1v) is 12.6. The van der Waals surface area contributed by atoms with Crippen molar-refractivity contribution < 1.29 is 24.5 Å². The number of Topliss-reactive ketones (excluding diaryl/α,β-unsaturated/α-hetero) is 1. The molecule has 0 bridgehead atoms. The molecule has 0 heterocycles. The first-order valence-electron chi connectivity index (χ1n) is 12.6. The van der Waals surface area contributed by atoms with Gasteiger partial charge in [0.1, 0.15) is 11.7 Å². The highest BCUT2D eigenvalue weighted by Gasteiger charge is 2.35. The summed E-state index contributed by atoms with van der Waals surface area (Å²) in [6.45, 7) is 9.00. The smallest absolute Gasteiger partial charge is 0.407 e. The third kappa shape index (κ3) is 9.72. The lowest BCUT2D eigenvalue weighted by atomic mass is 9.82. The highest BCUT2D eigenvalue weighted by atomic mass is 16.6. The van der Waals surface area contributed by atoms with Crippen LogP contribution in [0, 0.1) is 11.8 Å². The second-order valence-electron chi connectivity index (χ2n) is 10.8. The fourth-order valence-electron chi connectivity index (χ4n) is 4.06. The number of nitrogens with two attached hydrogens (primary N) is 1. The van der Waals surface area contributed by atoms with E-state index in [0.717, 1.165) is 11.1 Å². The van der Waals surface area contributed by atoms with E-state index in [0.29, 0.717) is 12.8 Å². The number of nitrogens with one attached hydrogen (secondary N) is 1. The fourth-order valence-corrected chi connectivity index (χ4v) is 4.06. The molecule has 0 radical (unpaired) electrons. The van der Waals surface area contributed by atoms with Gasteiger partial charge >= 0.3 is 6.09 Å². The fraction of sp³-hybridized carbons (Fsp3) is 0.517. The van der Waals surface area contributed by atoms with Crippen LogP contribution < -0.4 is 11.1 Å². The standard InChI is InChI=1S/C29H42N2O5/c1-19(2)25(30)27(34)26(33)22(16-20-12-8-6-9-13-20)18-24(32)23(17-21-14-10-7-11-15-21)31-28(35)36-29(3,4)5/h6-15,19,22-25,27,32,34H,16-18,30H2,1-5H3,(H,31,35)/t22?,23-,24-,25+,27?/m0/s1. The Hall–Kier alpha value is -2.74. The van der Waals surface area contributed by atoms with Crippen LogP contribution in [-0.4, -0.2) is 52.0 Å². The molecule has 0 saturated carbocycles. The largest absolute Gasteiger partial charge is 0.444 e. The second-order valence-corrected chi connectivity index (χ2v) is 10.8. The van der Waals surface area contributed by atoms with Gasteiger partial charge in [0.25, 0.3) is 0 Å². The van der Waals surface area contributed by atoms with Gasteiger partial charge in [0, 0.05) is 12.0 Å². The molecule has 0 spiro atoms. The number of carbonyl (C=O) groups is 2. The number of aliphatic hydroxyl groups excluding tert-OH is 2. The average Bonchev–Trinajstić information content (AvgIpc) is 2.81. The van der Waals surface area contributed by atoms with E-state index in [4.69, 9.17) is 10.5 Å². The lowest BCUT2D eigenvalue weighted by Gasteiger charge is -2.30. The van der Waals surface area contributed by atoms with Gasteiger partial charge in [-0.3, -0.25) is 4.79 Å². The van der Waals surface area contributed by atoms with Crippen LogP contribution in [0.5, 0.6) is 0 Å². The molecule has 0 fully saturated rings. The summed E-state index contributed by atoms with van der Waals surface area (Å²) in [5, 5.41) is 24.8. The van der Waals surface area contributed by atoms with E-state index >= 15 is 0 Å². The van der Waals surface area contributed by atoms with E-state index in [1.807, 2.05) is 74.5 Å². The van der Waals surface area contributed by atoms with Gasteiger partial charge in [-0.25, -0.2) is 4.79 Å². The van der Waals surface area contributed by atoms with Crippen molar-refractivity contribution in [1.29, 1.82) is 0 Å². The van der Waals surface area contributed by atoms with Gasteiger partial charge in [0.2, 0.25) is 0 Å². The lowest BCUT2D eigenvalue weighted by molar-refractivity contribution is -0.134. The lowest BCUT2D eigenvalue weighted by Crippen LogP contribution is -2.50. The van der Waals surface area contributed by atoms with Crippen molar-refractivity contribution in [3.63, 3.8) is 0 Å². The number of alkyl carbamates (subject to hydrolysis) is 1. The van der Waals surface area contributed by atoms with Crippen LogP contribution in [-0.2, 0) is 22.4 Å². The Morgan fingerprint density at radius 3 is 1.89 bits per heavy atom. The predicted molar refractivity (Wildman–Crippen MR) is 141 cm³/mol. The highest BCUT2D eigenvalue weighted by molar-refractivity contribution is 5.86. The number of ketones is 1. The molecule has 0 saturated heterocycles. The Morgan fingerprint density at radius 1 is 0.917 bits per heavy atom. The maximum atomic E-state index is 13.4. The number of aliphatic hydroxyl groups is 2. The molecule has 5 N–H and O–H groups in total. The van der Waals surface area contributed by atoms with Crippen molar-refractivity contribution in [1.82, 2.24) is 5.32 Å². The maximum absolute atomic E-state index is 13.4. The van der Waals surface area contributed by atoms with E-state index < -0.39 is 47.7 Å². The molecule has 0 aliphatic heterocycles. The summed E-state index contributed by atoms with van der Waals surface area (Å²) < 4.78 is 5.42. The maximum Gasteiger partial charge on any atom is 0.407 e. The van der Waals surface area contributed by atoms with Gasteiger partial charge in [-0.1, -0.05) is 74.5 Å². The first kappa shape index (κ1) is 29.5. The third-order valence-corrected chi connectivity index (χ3v) is 6.14. The number of benzene rings is 2.